The normalized spacial score (nSPS) is 13.8. The molecule has 0 atom stereocenters. The highest BCUT2D eigenvalue weighted by Gasteiger charge is 2.71. The van der Waals surface area contributed by atoms with E-state index in [4.69, 9.17) is 10.3 Å². The molecule has 0 aliphatic rings. The van der Waals surface area contributed by atoms with Gasteiger partial charge in [0.15, 0.2) is 0 Å². The lowest BCUT2D eigenvalue weighted by Gasteiger charge is -2.32. The molecule has 0 aliphatic carbocycles. The van der Waals surface area contributed by atoms with Crippen molar-refractivity contribution in [3.8, 4) is 0 Å². The van der Waals surface area contributed by atoms with Gasteiger partial charge in [-0.2, -0.15) is 26.3 Å². The highest BCUT2D eigenvalue weighted by Crippen LogP contribution is 2.50. The van der Waals surface area contributed by atoms with Gasteiger partial charge in [-0.1, -0.05) is 12.1 Å². The van der Waals surface area contributed by atoms with Crippen LogP contribution < -0.4 is 5.48 Å². The Morgan fingerprint density at radius 1 is 0.950 bits per heavy atom. The first-order valence-electron chi connectivity index (χ1n) is 4.92. The van der Waals surface area contributed by atoms with Crippen LogP contribution in [0.15, 0.2) is 29.3 Å². The Hall–Kier alpha value is -1.81. The van der Waals surface area contributed by atoms with E-state index < -0.39 is 23.5 Å². The van der Waals surface area contributed by atoms with Gasteiger partial charge in [0, 0.05) is 5.56 Å². The molecule has 10 heteroatoms. The molecule has 4 nitrogen and oxygen atoms in total. The summed E-state index contributed by atoms with van der Waals surface area (Å²) in [6, 6.07) is 2.55. The van der Waals surface area contributed by atoms with Gasteiger partial charge in [-0.05, 0) is 12.1 Å². The summed E-state index contributed by atoms with van der Waals surface area (Å²) in [5.74, 6) is 0. The fourth-order valence-corrected chi connectivity index (χ4v) is 1.38. The fourth-order valence-electron chi connectivity index (χ4n) is 1.38. The highest BCUT2D eigenvalue weighted by molar-refractivity contribution is 5.59. The van der Waals surface area contributed by atoms with E-state index in [-0.39, 0.29) is 5.69 Å². The first-order valence-corrected chi connectivity index (χ1v) is 4.92. The molecule has 0 aromatic heterocycles. The number of hydroxylamine groups is 1. The van der Waals surface area contributed by atoms with E-state index in [0.29, 0.717) is 12.1 Å². The second-order valence-electron chi connectivity index (χ2n) is 3.64. The number of alkyl halides is 6. The van der Waals surface area contributed by atoms with Crippen LogP contribution in [-0.4, -0.2) is 29.0 Å². The van der Waals surface area contributed by atoms with Gasteiger partial charge in [0.2, 0.25) is 0 Å². The SMILES string of the molecule is ONC=Nc1ccc(C(O)(C(F)(F)F)C(F)(F)F)cc1. The Bertz CT molecular complexity index is 466. The molecule has 0 bridgehead atoms. The average Bonchev–Trinajstić information content (AvgIpc) is 2.33. The molecular formula is C10H8F6N2O2. The minimum atomic E-state index is -5.93. The maximum atomic E-state index is 12.5. The zero-order valence-electron chi connectivity index (χ0n) is 9.50. The molecule has 0 amide bonds. The number of benzene rings is 1. The molecule has 3 N–H and O–H groups in total. The molecule has 0 fully saturated rings. The molecule has 0 aliphatic heterocycles. The van der Waals surface area contributed by atoms with Crippen LogP contribution in [0.25, 0.3) is 0 Å². The van der Waals surface area contributed by atoms with Crippen molar-refractivity contribution in [3.63, 3.8) is 0 Å². The van der Waals surface area contributed by atoms with E-state index in [2.05, 4.69) is 4.99 Å². The van der Waals surface area contributed by atoms with Crippen LogP contribution in [0, 0.1) is 0 Å². The standard InChI is InChI=1S/C10H8F6N2O2/c11-9(12,13)8(19,10(14,15)16)6-1-3-7(4-2-6)17-5-18-20/h1-5,19-20H,(H,17,18). The lowest BCUT2D eigenvalue weighted by Crippen LogP contribution is -2.53. The van der Waals surface area contributed by atoms with Crippen molar-refractivity contribution in [1.82, 2.24) is 5.48 Å². The van der Waals surface area contributed by atoms with Gasteiger partial charge in [0.05, 0.1) is 5.69 Å². The molecule has 112 valence electrons. The topological polar surface area (TPSA) is 64.8 Å². The molecule has 0 spiro atoms. The number of hydrogen-bond donors (Lipinski definition) is 3. The summed E-state index contributed by atoms with van der Waals surface area (Å²) in [6.07, 6.45) is -11.1. The van der Waals surface area contributed by atoms with Gasteiger partial charge in [0.1, 0.15) is 6.34 Å². The maximum Gasteiger partial charge on any atom is 0.430 e. The van der Waals surface area contributed by atoms with Crippen LogP contribution in [0.5, 0.6) is 0 Å². The summed E-state index contributed by atoms with van der Waals surface area (Å²) >= 11 is 0. The van der Waals surface area contributed by atoms with Crippen molar-refractivity contribution < 1.29 is 36.7 Å². The van der Waals surface area contributed by atoms with Crippen molar-refractivity contribution >= 4 is 12.0 Å². The van der Waals surface area contributed by atoms with Crippen LogP contribution >= 0.6 is 0 Å². The summed E-state index contributed by atoms with van der Waals surface area (Å²) in [4.78, 5) is 3.44. The predicted octanol–water partition coefficient (Wildman–Crippen LogP) is 2.64. The summed E-state index contributed by atoms with van der Waals surface area (Å²) in [7, 11) is 0. The zero-order chi connectivity index (χ0) is 15.6. The number of aliphatic hydroxyl groups is 1. The molecule has 0 saturated heterocycles. The number of nitrogens with zero attached hydrogens (tertiary/aromatic N) is 1. The Morgan fingerprint density at radius 2 is 1.40 bits per heavy atom. The van der Waals surface area contributed by atoms with E-state index in [1.807, 2.05) is 0 Å². The molecule has 0 unspecified atom stereocenters. The molecule has 0 saturated carbocycles. The van der Waals surface area contributed by atoms with E-state index in [1.54, 1.807) is 0 Å². The minimum absolute atomic E-state index is 0.0259. The van der Waals surface area contributed by atoms with Crippen molar-refractivity contribution in [2.24, 2.45) is 4.99 Å². The van der Waals surface area contributed by atoms with Crippen molar-refractivity contribution in [1.29, 1.82) is 0 Å². The number of rotatable bonds is 3. The van der Waals surface area contributed by atoms with Gasteiger partial charge in [-0.3, -0.25) is 10.7 Å². The Morgan fingerprint density at radius 3 is 1.75 bits per heavy atom. The van der Waals surface area contributed by atoms with Crippen molar-refractivity contribution in [3.05, 3.63) is 29.8 Å². The fraction of sp³-hybridized carbons (Fsp3) is 0.300. The monoisotopic (exact) mass is 302 g/mol. The third-order valence-electron chi connectivity index (χ3n) is 2.38. The van der Waals surface area contributed by atoms with E-state index in [9.17, 15) is 26.3 Å². The minimum Gasteiger partial charge on any atom is -0.369 e. The van der Waals surface area contributed by atoms with Gasteiger partial charge < -0.3 is 5.11 Å². The largest absolute Gasteiger partial charge is 0.430 e. The number of hydrogen-bond acceptors (Lipinski definition) is 3. The van der Waals surface area contributed by atoms with Crippen LogP contribution in [0.4, 0.5) is 32.0 Å². The summed E-state index contributed by atoms with van der Waals surface area (Å²) < 4.78 is 75.3. The van der Waals surface area contributed by atoms with Crippen molar-refractivity contribution in [2.75, 3.05) is 0 Å². The summed E-state index contributed by atoms with van der Waals surface area (Å²) in [5, 5.41) is 17.3. The molecule has 0 radical (unpaired) electrons. The molecule has 1 rings (SSSR count). The zero-order valence-corrected chi connectivity index (χ0v) is 9.50. The third kappa shape index (κ3) is 2.85. The quantitative estimate of drug-likeness (QED) is 0.348. The highest BCUT2D eigenvalue weighted by atomic mass is 19.4. The smallest absolute Gasteiger partial charge is 0.369 e. The number of nitrogens with one attached hydrogen (secondary N) is 1. The maximum absolute atomic E-state index is 12.5. The first-order chi connectivity index (χ1) is 9.04. The van der Waals surface area contributed by atoms with Gasteiger partial charge in [-0.25, -0.2) is 4.99 Å². The molecule has 20 heavy (non-hydrogen) atoms. The van der Waals surface area contributed by atoms with Gasteiger partial charge in [-0.15, -0.1) is 0 Å². The molecule has 0 heterocycles. The van der Waals surface area contributed by atoms with Crippen LogP contribution in [-0.2, 0) is 5.60 Å². The first kappa shape index (κ1) is 16.2. The summed E-state index contributed by atoms with van der Waals surface area (Å²) in [6.45, 7) is 0. The number of halogens is 6. The van der Waals surface area contributed by atoms with Gasteiger partial charge in [0.25, 0.3) is 5.60 Å². The van der Waals surface area contributed by atoms with Crippen LogP contribution in [0.3, 0.4) is 0 Å². The van der Waals surface area contributed by atoms with E-state index in [0.717, 1.165) is 18.5 Å². The number of aliphatic imine (C=N–C) groups is 1. The average molecular weight is 302 g/mol. The molecule has 1 aromatic rings. The Kier molecular flexibility index (Phi) is 4.30. The van der Waals surface area contributed by atoms with Crippen LogP contribution in [0.2, 0.25) is 0 Å². The van der Waals surface area contributed by atoms with E-state index in [1.165, 1.54) is 5.48 Å². The third-order valence-corrected chi connectivity index (χ3v) is 2.38. The Balaban J connectivity index is 3.28. The second kappa shape index (κ2) is 5.29. The predicted molar refractivity (Wildman–Crippen MR) is 55.5 cm³/mol. The summed E-state index contributed by atoms with van der Waals surface area (Å²) in [5.41, 5.74) is -4.86. The van der Waals surface area contributed by atoms with E-state index >= 15 is 0 Å². The molecule has 1 aromatic carbocycles. The lowest BCUT2D eigenvalue weighted by molar-refractivity contribution is -0.376. The lowest BCUT2D eigenvalue weighted by atomic mass is 9.92. The van der Waals surface area contributed by atoms with Crippen molar-refractivity contribution in [2.45, 2.75) is 18.0 Å². The van der Waals surface area contributed by atoms with Crippen LogP contribution in [0.1, 0.15) is 5.56 Å². The second-order valence-corrected chi connectivity index (χ2v) is 3.64. The Labute approximate surface area is 108 Å². The van der Waals surface area contributed by atoms with Gasteiger partial charge >= 0.3 is 12.4 Å². The molecular weight excluding hydrogens is 294 g/mol.